The maximum atomic E-state index is 13.4. The highest BCUT2D eigenvalue weighted by Gasteiger charge is 2.33. The van der Waals surface area contributed by atoms with Gasteiger partial charge in [-0.1, -0.05) is 54.6 Å². The van der Waals surface area contributed by atoms with Crippen molar-refractivity contribution >= 4 is 21.6 Å². The van der Waals surface area contributed by atoms with Gasteiger partial charge in [0.05, 0.1) is 12.8 Å². The Hall–Kier alpha value is -4.85. The Balaban J connectivity index is 1.75. The van der Waals surface area contributed by atoms with E-state index in [1.54, 1.807) is 36.4 Å². The molecule has 4 aromatic rings. The van der Waals surface area contributed by atoms with Crippen molar-refractivity contribution in [3.63, 3.8) is 0 Å². The summed E-state index contributed by atoms with van der Waals surface area (Å²) >= 11 is 0. The van der Waals surface area contributed by atoms with E-state index in [0.29, 0.717) is 11.1 Å². The number of benzene rings is 3. The summed E-state index contributed by atoms with van der Waals surface area (Å²) in [6, 6.07) is 19.5. The van der Waals surface area contributed by atoms with Gasteiger partial charge in [0.1, 0.15) is 11.4 Å². The fourth-order valence-corrected chi connectivity index (χ4v) is 4.58. The summed E-state index contributed by atoms with van der Waals surface area (Å²) in [6.45, 7) is -0.454. The minimum Gasteiger partial charge on any atom is -0.405 e. The molecule has 3 N–H and O–H groups in total. The summed E-state index contributed by atoms with van der Waals surface area (Å²) < 4.78 is 70.2. The van der Waals surface area contributed by atoms with Gasteiger partial charge >= 0.3 is 12.1 Å². The molecule has 3 aromatic carbocycles. The number of aromatic nitrogens is 2. The molecule has 0 aliphatic heterocycles. The molecule has 10 nitrogen and oxygen atoms in total. The van der Waals surface area contributed by atoms with Crippen molar-refractivity contribution in [2.45, 2.75) is 19.5 Å². The molecule has 14 heteroatoms. The zero-order chi connectivity index (χ0) is 29.8. The lowest BCUT2D eigenvalue weighted by Crippen LogP contribution is -2.34. The van der Waals surface area contributed by atoms with E-state index in [-0.39, 0.29) is 35.6 Å². The van der Waals surface area contributed by atoms with Gasteiger partial charge in [0.25, 0.3) is 11.5 Å². The fraction of sp³-hybridized carbons (Fsp3) is 0.148. The molecule has 0 aliphatic rings. The van der Waals surface area contributed by atoms with Crippen molar-refractivity contribution in [3.8, 4) is 16.9 Å². The van der Waals surface area contributed by atoms with E-state index in [1.165, 1.54) is 30.3 Å². The van der Waals surface area contributed by atoms with Crippen LogP contribution in [0.2, 0.25) is 0 Å². The van der Waals surface area contributed by atoms with Crippen LogP contribution in [0.4, 0.5) is 18.9 Å². The summed E-state index contributed by atoms with van der Waals surface area (Å²) in [5, 5.41) is 0. The number of rotatable bonds is 9. The van der Waals surface area contributed by atoms with E-state index < -0.39 is 39.3 Å². The number of H-pyrrole nitrogens is 2. The van der Waals surface area contributed by atoms with Crippen LogP contribution >= 0.6 is 0 Å². The third kappa shape index (κ3) is 8.32. The minimum absolute atomic E-state index is 0.0204. The lowest BCUT2D eigenvalue weighted by molar-refractivity contribution is -0.274. The molecule has 1 heterocycles. The number of sulfonamides is 1. The van der Waals surface area contributed by atoms with Crippen LogP contribution in [0.1, 0.15) is 21.6 Å². The number of carbonyl (C=O) groups excluding carboxylic acids is 1. The molecule has 0 fully saturated rings. The van der Waals surface area contributed by atoms with E-state index in [0.717, 1.165) is 23.3 Å². The number of hydrogen-bond donors (Lipinski definition) is 3. The van der Waals surface area contributed by atoms with Crippen LogP contribution in [0.3, 0.4) is 0 Å². The zero-order valence-electron chi connectivity index (χ0n) is 21.4. The average Bonchev–Trinajstić information content (AvgIpc) is 2.87. The monoisotopic (exact) mass is 588 g/mol. The quantitative estimate of drug-likeness (QED) is 0.271. The van der Waals surface area contributed by atoms with Gasteiger partial charge in [0, 0.05) is 23.9 Å². The van der Waals surface area contributed by atoms with Crippen LogP contribution in [0.5, 0.6) is 5.75 Å². The van der Waals surface area contributed by atoms with E-state index in [2.05, 4.69) is 14.4 Å². The molecule has 214 valence electrons. The molecule has 4 rings (SSSR count). The fourth-order valence-electron chi connectivity index (χ4n) is 4.02. The number of carbonyl (C=O) groups is 1. The standard InChI is InChI=1S/C27H23F3N4O6S/c1-41(38,39)33-21-9-5-8-18(12-21)19-10-11-20(23(13-19)40-27(28,29)30)16-34(15-17-6-3-2-4-7-17)25(36)22-14-24(35)32-26(37)31-22/h2-14,33H,15-16H2,1H3,(H2,31,32,35,37). The van der Waals surface area contributed by atoms with Crippen LogP contribution in [0, 0.1) is 0 Å². The third-order valence-electron chi connectivity index (χ3n) is 5.65. The van der Waals surface area contributed by atoms with Gasteiger partial charge in [-0.2, -0.15) is 0 Å². The van der Waals surface area contributed by atoms with Crippen LogP contribution in [0.25, 0.3) is 11.1 Å². The predicted octanol–water partition coefficient (Wildman–Crippen LogP) is 3.84. The first-order valence-electron chi connectivity index (χ1n) is 11.9. The van der Waals surface area contributed by atoms with Gasteiger partial charge in [-0.25, -0.2) is 13.2 Å². The number of ether oxygens (including phenoxy) is 1. The van der Waals surface area contributed by atoms with E-state index in [4.69, 9.17) is 0 Å². The first kappa shape index (κ1) is 29.1. The summed E-state index contributed by atoms with van der Waals surface area (Å²) in [6.07, 6.45) is -4.10. The molecule has 0 saturated heterocycles. The lowest BCUT2D eigenvalue weighted by Gasteiger charge is -2.24. The van der Waals surface area contributed by atoms with Crippen LogP contribution in [-0.2, 0) is 23.1 Å². The highest BCUT2D eigenvalue weighted by atomic mass is 32.2. The molecule has 0 unspecified atom stereocenters. The van der Waals surface area contributed by atoms with Gasteiger partial charge in [0.2, 0.25) is 10.0 Å². The third-order valence-corrected chi connectivity index (χ3v) is 6.25. The Morgan fingerprint density at radius 1 is 0.902 bits per heavy atom. The summed E-state index contributed by atoms with van der Waals surface area (Å²) in [5.74, 6) is -1.40. The molecule has 0 atom stereocenters. The Bertz CT molecular complexity index is 1760. The van der Waals surface area contributed by atoms with E-state index in [9.17, 15) is 36.0 Å². The number of alkyl halides is 3. The molecule has 1 aromatic heterocycles. The number of nitrogens with zero attached hydrogens (tertiary/aromatic N) is 1. The highest BCUT2D eigenvalue weighted by Crippen LogP contribution is 2.33. The first-order valence-corrected chi connectivity index (χ1v) is 13.8. The van der Waals surface area contributed by atoms with Crippen molar-refractivity contribution in [3.05, 3.63) is 117 Å². The summed E-state index contributed by atoms with van der Waals surface area (Å²) in [4.78, 5) is 42.3. The van der Waals surface area contributed by atoms with Gasteiger partial charge in [0.15, 0.2) is 0 Å². The van der Waals surface area contributed by atoms with Crippen molar-refractivity contribution in [2.75, 3.05) is 11.0 Å². The second-order valence-corrected chi connectivity index (χ2v) is 10.7. The number of aromatic amines is 2. The van der Waals surface area contributed by atoms with Crippen molar-refractivity contribution in [1.82, 2.24) is 14.9 Å². The first-order chi connectivity index (χ1) is 19.3. The molecule has 0 saturated carbocycles. The summed E-state index contributed by atoms with van der Waals surface area (Å²) in [5.41, 5.74) is -0.585. The van der Waals surface area contributed by atoms with E-state index in [1.807, 2.05) is 4.98 Å². The highest BCUT2D eigenvalue weighted by molar-refractivity contribution is 7.92. The van der Waals surface area contributed by atoms with Gasteiger partial charge in [-0.3, -0.25) is 19.3 Å². The SMILES string of the molecule is CS(=O)(=O)Nc1cccc(-c2ccc(CN(Cc3ccccc3)C(=O)c3cc(=O)[nH]c(=O)[nH]3)c(OC(F)(F)F)c2)c1. The van der Waals surface area contributed by atoms with Crippen molar-refractivity contribution in [2.24, 2.45) is 0 Å². The second-order valence-electron chi connectivity index (χ2n) is 8.97. The molecular weight excluding hydrogens is 565 g/mol. The van der Waals surface area contributed by atoms with Crippen LogP contribution < -0.4 is 20.7 Å². The Morgan fingerprint density at radius 3 is 2.27 bits per heavy atom. The number of hydrogen-bond acceptors (Lipinski definition) is 6. The number of amides is 1. The zero-order valence-corrected chi connectivity index (χ0v) is 22.2. The maximum absolute atomic E-state index is 13.4. The molecule has 0 spiro atoms. The molecule has 0 radical (unpaired) electrons. The molecule has 41 heavy (non-hydrogen) atoms. The van der Waals surface area contributed by atoms with Gasteiger partial charge < -0.3 is 14.6 Å². The average molecular weight is 589 g/mol. The molecule has 1 amide bonds. The van der Waals surface area contributed by atoms with Gasteiger partial charge in [-0.05, 0) is 34.9 Å². The largest absolute Gasteiger partial charge is 0.573 e. The van der Waals surface area contributed by atoms with Crippen molar-refractivity contribution in [1.29, 1.82) is 0 Å². The van der Waals surface area contributed by atoms with Crippen LogP contribution in [-0.4, -0.2) is 41.8 Å². The molecule has 0 bridgehead atoms. The number of halogens is 3. The Morgan fingerprint density at radius 2 is 1.61 bits per heavy atom. The molecular formula is C27H23F3N4O6S. The number of nitrogens with one attached hydrogen (secondary N) is 3. The number of anilines is 1. The second kappa shape index (κ2) is 11.7. The summed E-state index contributed by atoms with van der Waals surface area (Å²) in [7, 11) is -3.60. The topological polar surface area (TPSA) is 141 Å². The smallest absolute Gasteiger partial charge is 0.405 e. The van der Waals surface area contributed by atoms with Crippen molar-refractivity contribution < 1.29 is 31.1 Å². The normalized spacial score (nSPS) is 11.6. The predicted molar refractivity (Wildman–Crippen MR) is 145 cm³/mol. The van der Waals surface area contributed by atoms with Gasteiger partial charge in [-0.15, -0.1) is 13.2 Å². The minimum atomic E-state index is -5.07. The molecule has 0 aliphatic carbocycles. The Labute approximate surface area is 231 Å². The van der Waals surface area contributed by atoms with E-state index >= 15 is 0 Å². The lowest BCUT2D eigenvalue weighted by atomic mass is 10.0. The Kier molecular flexibility index (Phi) is 8.33. The maximum Gasteiger partial charge on any atom is 0.573 e. The van der Waals surface area contributed by atoms with Crippen LogP contribution in [0.15, 0.2) is 88.5 Å².